The molecule has 0 bridgehead atoms. The van der Waals surface area contributed by atoms with Crippen molar-refractivity contribution in [1.82, 2.24) is 0 Å². The molecular weight excluding hydrogens is 200 g/mol. The van der Waals surface area contributed by atoms with Crippen molar-refractivity contribution in [1.29, 1.82) is 0 Å². The fourth-order valence-electron chi connectivity index (χ4n) is 1.65. The predicted octanol–water partition coefficient (Wildman–Crippen LogP) is 3.14. The van der Waals surface area contributed by atoms with Crippen molar-refractivity contribution >= 4 is 0 Å². The van der Waals surface area contributed by atoms with E-state index >= 15 is 0 Å². The summed E-state index contributed by atoms with van der Waals surface area (Å²) >= 11 is 0. The van der Waals surface area contributed by atoms with E-state index in [1.165, 1.54) is 5.56 Å². The third kappa shape index (κ3) is 2.99. The molecule has 1 rings (SSSR count). The lowest BCUT2D eigenvalue weighted by Gasteiger charge is -2.16. The molecule has 0 saturated heterocycles. The lowest BCUT2D eigenvalue weighted by Crippen LogP contribution is -2.03. The Kier molecular flexibility index (Phi) is 4.81. The van der Waals surface area contributed by atoms with E-state index in [1.807, 2.05) is 26.0 Å². The second kappa shape index (κ2) is 5.90. The van der Waals surface area contributed by atoms with Crippen molar-refractivity contribution in [2.45, 2.75) is 33.6 Å². The minimum atomic E-state index is 0.0899. The van der Waals surface area contributed by atoms with Gasteiger partial charge in [0.2, 0.25) is 0 Å². The number of rotatable bonds is 5. The van der Waals surface area contributed by atoms with E-state index in [1.54, 1.807) is 0 Å². The van der Waals surface area contributed by atoms with Crippen molar-refractivity contribution in [2.24, 2.45) is 0 Å². The number of benzene rings is 1. The number of hydrogen-bond donors (Lipinski definition) is 1. The Morgan fingerprint density at radius 2 is 2.06 bits per heavy atom. The van der Waals surface area contributed by atoms with Gasteiger partial charge in [-0.05, 0) is 30.0 Å². The van der Waals surface area contributed by atoms with E-state index in [0.717, 1.165) is 17.2 Å². The molecule has 89 valence electrons. The van der Waals surface area contributed by atoms with Crippen LogP contribution in [0, 0.1) is 5.92 Å². The molecule has 0 amide bonds. The van der Waals surface area contributed by atoms with Gasteiger partial charge in [0.05, 0.1) is 13.2 Å². The molecule has 0 unspecified atom stereocenters. The van der Waals surface area contributed by atoms with E-state index in [4.69, 9.17) is 9.84 Å². The monoisotopic (exact) mass is 221 g/mol. The normalized spacial score (nSPS) is 11.2. The highest BCUT2D eigenvalue weighted by atomic mass is 16.5. The number of hydrogen-bond acceptors (Lipinski definition) is 2. The molecule has 2 heteroatoms. The third-order valence-electron chi connectivity index (χ3n) is 2.67. The summed E-state index contributed by atoms with van der Waals surface area (Å²) in [4.78, 5) is 0. The minimum absolute atomic E-state index is 0.0899. The Bertz CT molecular complexity index is 332. The fraction of sp³-hybridized carbons (Fsp3) is 0.500. The molecule has 0 aromatic heterocycles. The Hall–Kier alpha value is -1.02. The van der Waals surface area contributed by atoms with Crippen LogP contribution in [0.3, 0.4) is 0 Å². The van der Waals surface area contributed by atoms with Gasteiger partial charge in [0.25, 0.3) is 0 Å². The zero-order valence-electron chi connectivity index (χ0n) is 10.6. The van der Waals surface area contributed by atoms with Crippen LogP contribution in [0.4, 0.5) is 0 Å². The molecule has 0 aliphatic heterocycles. The van der Waals surface area contributed by atoms with Gasteiger partial charge in [-0.2, -0.15) is 0 Å². The van der Waals surface area contributed by atoms with Gasteiger partial charge in [0.15, 0.2) is 0 Å². The van der Waals surface area contributed by atoms with Gasteiger partial charge in [0, 0.05) is 5.92 Å². The van der Waals surface area contributed by atoms with Crippen molar-refractivity contribution in [3.8, 4) is 5.75 Å². The first-order valence-electron chi connectivity index (χ1n) is 5.80. The average molecular weight is 221 g/mol. The van der Waals surface area contributed by atoms with E-state index in [-0.39, 0.29) is 6.61 Å². The first-order valence-corrected chi connectivity index (χ1v) is 5.80. The molecule has 1 N–H and O–H groups in total. The van der Waals surface area contributed by atoms with Gasteiger partial charge in [0.1, 0.15) is 5.75 Å². The topological polar surface area (TPSA) is 29.5 Å². The minimum Gasteiger partial charge on any atom is -0.494 e. The summed E-state index contributed by atoms with van der Waals surface area (Å²) in [7, 11) is 0. The number of aliphatic hydroxyl groups is 1. The van der Waals surface area contributed by atoms with Crippen LogP contribution >= 0.6 is 0 Å². The van der Waals surface area contributed by atoms with Crippen LogP contribution in [0.5, 0.6) is 5.75 Å². The van der Waals surface area contributed by atoms with Crippen LogP contribution < -0.4 is 4.74 Å². The van der Waals surface area contributed by atoms with Gasteiger partial charge in [-0.15, -0.1) is 0 Å². The highest BCUT2D eigenvalue weighted by molar-refractivity contribution is 5.44. The van der Waals surface area contributed by atoms with Crippen LogP contribution in [0.15, 0.2) is 18.2 Å². The van der Waals surface area contributed by atoms with Gasteiger partial charge < -0.3 is 9.84 Å². The Balaban J connectivity index is 3.06. The van der Waals surface area contributed by atoms with Gasteiger partial charge in [-0.1, -0.05) is 32.9 Å². The standard InChI is InChI=1S/C14H21O2/c1-5-16-14-8-12(11(4)9-15)6-7-13(14)10(2)3/h6-8,10,15H,5,9H2,1-4H3. The van der Waals surface area contributed by atoms with Crippen LogP contribution in [0.1, 0.15) is 44.7 Å². The maximum atomic E-state index is 9.11. The second-order valence-electron chi connectivity index (χ2n) is 4.28. The largest absolute Gasteiger partial charge is 0.494 e. The van der Waals surface area contributed by atoms with Crippen molar-refractivity contribution in [3.63, 3.8) is 0 Å². The average Bonchev–Trinajstić information content (AvgIpc) is 2.28. The summed E-state index contributed by atoms with van der Waals surface area (Å²) in [5, 5.41) is 9.11. The van der Waals surface area contributed by atoms with Crippen LogP contribution in [-0.4, -0.2) is 18.3 Å². The van der Waals surface area contributed by atoms with Crippen LogP contribution in [-0.2, 0) is 0 Å². The molecule has 2 nitrogen and oxygen atoms in total. The lowest BCUT2D eigenvalue weighted by molar-refractivity contribution is 0.314. The predicted molar refractivity (Wildman–Crippen MR) is 66.8 cm³/mol. The Labute approximate surface area is 98.3 Å². The summed E-state index contributed by atoms with van der Waals surface area (Å²) < 4.78 is 5.64. The molecule has 0 spiro atoms. The summed E-state index contributed by atoms with van der Waals surface area (Å²) in [6, 6.07) is 6.15. The quantitative estimate of drug-likeness (QED) is 0.827. The SMILES string of the molecule is CCOc1cc([C](C)CO)ccc1C(C)C. The van der Waals surface area contributed by atoms with Crippen LogP contribution in [0.25, 0.3) is 0 Å². The molecule has 0 saturated carbocycles. The molecule has 1 radical (unpaired) electrons. The maximum Gasteiger partial charge on any atom is 0.123 e. The molecule has 0 aliphatic rings. The maximum absolute atomic E-state index is 9.11. The van der Waals surface area contributed by atoms with Crippen molar-refractivity contribution in [3.05, 3.63) is 35.2 Å². The molecule has 1 aromatic carbocycles. The van der Waals surface area contributed by atoms with Crippen molar-refractivity contribution in [2.75, 3.05) is 13.2 Å². The molecular formula is C14H21O2. The highest BCUT2D eigenvalue weighted by Gasteiger charge is 2.11. The first-order chi connectivity index (χ1) is 7.60. The number of aliphatic hydroxyl groups excluding tert-OH is 1. The Morgan fingerprint density at radius 1 is 1.38 bits per heavy atom. The molecule has 0 heterocycles. The lowest BCUT2D eigenvalue weighted by atomic mass is 9.95. The zero-order chi connectivity index (χ0) is 12.1. The van der Waals surface area contributed by atoms with E-state index in [2.05, 4.69) is 19.9 Å². The molecule has 0 aliphatic carbocycles. The number of ether oxygens (including phenoxy) is 1. The third-order valence-corrected chi connectivity index (χ3v) is 2.67. The smallest absolute Gasteiger partial charge is 0.123 e. The van der Waals surface area contributed by atoms with E-state index in [0.29, 0.717) is 12.5 Å². The molecule has 0 fully saturated rings. The summed E-state index contributed by atoms with van der Waals surface area (Å²) in [5.74, 6) is 2.35. The zero-order valence-corrected chi connectivity index (χ0v) is 10.6. The summed E-state index contributed by atoms with van der Waals surface area (Å²) in [6.07, 6.45) is 0. The first kappa shape index (κ1) is 13.0. The summed E-state index contributed by atoms with van der Waals surface area (Å²) in [5.41, 5.74) is 2.27. The van der Waals surface area contributed by atoms with Crippen molar-refractivity contribution < 1.29 is 9.84 Å². The van der Waals surface area contributed by atoms with Gasteiger partial charge in [-0.25, -0.2) is 0 Å². The molecule has 1 aromatic rings. The second-order valence-corrected chi connectivity index (χ2v) is 4.28. The summed E-state index contributed by atoms with van der Waals surface area (Å²) in [6.45, 7) is 8.98. The van der Waals surface area contributed by atoms with Gasteiger partial charge in [-0.3, -0.25) is 0 Å². The molecule has 0 atom stereocenters. The Morgan fingerprint density at radius 3 is 2.56 bits per heavy atom. The highest BCUT2D eigenvalue weighted by Crippen LogP contribution is 2.29. The van der Waals surface area contributed by atoms with E-state index < -0.39 is 0 Å². The van der Waals surface area contributed by atoms with E-state index in [9.17, 15) is 0 Å². The molecule has 16 heavy (non-hydrogen) atoms. The van der Waals surface area contributed by atoms with Gasteiger partial charge >= 0.3 is 0 Å². The fourth-order valence-corrected chi connectivity index (χ4v) is 1.65. The van der Waals surface area contributed by atoms with Crippen LogP contribution in [0.2, 0.25) is 0 Å².